The Balaban J connectivity index is 3.04. The first kappa shape index (κ1) is 9.20. The van der Waals surface area contributed by atoms with Gasteiger partial charge in [0.25, 0.3) is 5.92 Å². The molecule has 0 fully saturated rings. The number of allylic oxidation sites excluding steroid dienone is 1. The Morgan fingerprint density at radius 2 is 1.75 bits per heavy atom. The van der Waals surface area contributed by atoms with Crippen LogP contribution in [0, 0.1) is 0 Å². The molecule has 0 aliphatic heterocycles. The fraction of sp³-hybridized carbons (Fsp3) is 0.111. The largest absolute Gasteiger partial charge is 0.291 e. The summed E-state index contributed by atoms with van der Waals surface area (Å²) in [6.07, 6.45) is 0.607. The molecule has 0 aliphatic rings. The summed E-state index contributed by atoms with van der Waals surface area (Å²) >= 11 is 5.53. The van der Waals surface area contributed by atoms with E-state index in [0.29, 0.717) is 11.1 Å². The van der Waals surface area contributed by atoms with E-state index in [2.05, 4.69) is 6.58 Å². The van der Waals surface area contributed by atoms with Crippen LogP contribution in [-0.2, 0) is 5.92 Å². The number of hydrogen-bond acceptors (Lipinski definition) is 0. The zero-order chi connectivity index (χ0) is 9.19. The summed E-state index contributed by atoms with van der Waals surface area (Å²) in [7, 11) is 0. The molecule has 0 N–H and O–H groups in total. The molecule has 0 nitrogen and oxygen atoms in total. The second-order valence-electron chi connectivity index (χ2n) is 2.33. The SMILES string of the molecule is C=CC(F)(F)c1ccc(Cl)cc1. The van der Waals surface area contributed by atoms with E-state index in [9.17, 15) is 8.78 Å². The van der Waals surface area contributed by atoms with Crippen LogP contribution in [0.4, 0.5) is 8.78 Å². The molecule has 1 aromatic carbocycles. The topological polar surface area (TPSA) is 0 Å². The van der Waals surface area contributed by atoms with Gasteiger partial charge >= 0.3 is 0 Å². The van der Waals surface area contributed by atoms with Crippen molar-refractivity contribution in [2.75, 3.05) is 0 Å². The highest BCUT2D eigenvalue weighted by Gasteiger charge is 2.26. The first-order valence-electron chi connectivity index (χ1n) is 3.34. The second kappa shape index (κ2) is 3.23. The smallest absolute Gasteiger partial charge is 0.197 e. The molecule has 0 unspecified atom stereocenters. The van der Waals surface area contributed by atoms with Crippen LogP contribution >= 0.6 is 11.6 Å². The first-order valence-corrected chi connectivity index (χ1v) is 3.71. The normalized spacial score (nSPS) is 11.2. The number of alkyl halides is 2. The number of hydrogen-bond donors (Lipinski definition) is 0. The van der Waals surface area contributed by atoms with Gasteiger partial charge in [0.2, 0.25) is 0 Å². The van der Waals surface area contributed by atoms with Gasteiger partial charge < -0.3 is 0 Å². The molecule has 0 saturated heterocycles. The second-order valence-corrected chi connectivity index (χ2v) is 2.77. The molecule has 3 heteroatoms. The molecule has 1 rings (SSSR count). The summed E-state index contributed by atoms with van der Waals surface area (Å²) in [5, 5.41) is 0.443. The first-order chi connectivity index (χ1) is 5.56. The van der Waals surface area contributed by atoms with Gasteiger partial charge in [0, 0.05) is 10.6 Å². The third-order valence-electron chi connectivity index (χ3n) is 1.49. The van der Waals surface area contributed by atoms with Gasteiger partial charge in [0.1, 0.15) is 0 Å². The van der Waals surface area contributed by atoms with Crippen molar-refractivity contribution in [1.29, 1.82) is 0 Å². The molecule has 1 aromatic rings. The highest BCUT2D eigenvalue weighted by atomic mass is 35.5. The Kier molecular flexibility index (Phi) is 2.48. The summed E-state index contributed by atoms with van der Waals surface area (Å²) in [4.78, 5) is 0. The molecule has 0 heterocycles. The van der Waals surface area contributed by atoms with Gasteiger partial charge in [-0.05, 0) is 18.2 Å². The Morgan fingerprint density at radius 1 is 1.25 bits per heavy atom. The molecule has 12 heavy (non-hydrogen) atoms. The molecular weight excluding hydrogens is 182 g/mol. The van der Waals surface area contributed by atoms with Gasteiger partial charge in [-0.25, -0.2) is 0 Å². The van der Waals surface area contributed by atoms with Crippen molar-refractivity contribution in [3.05, 3.63) is 47.5 Å². The van der Waals surface area contributed by atoms with Crippen molar-refractivity contribution >= 4 is 11.6 Å². The van der Waals surface area contributed by atoms with E-state index < -0.39 is 5.92 Å². The van der Waals surface area contributed by atoms with Gasteiger partial charge in [-0.3, -0.25) is 0 Å². The van der Waals surface area contributed by atoms with Crippen LogP contribution in [-0.4, -0.2) is 0 Å². The van der Waals surface area contributed by atoms with Gasteiger partial charge in [-0.2, -0.15) is 8.78 Å². The minimum absolute atomic E-state index is 0.0955. The van der Waals surface area contributed by atoms with Crippen LogP contribution in [0.25, 0.3) is 0 Å². The lowest BCUT2D eigenvalue weighted by Crippen LogP contribution is -2.07. The summed E-state index contributed by atoms with van der Waals surface area (Å²) in [5.74, 6) is -2.97. The molecule has 0 atom stereocenters. The van der Waals surface area contributed by atoms with Crippen molar-refractivity contribution in [3.63, 3.8) is 0 Å². The van der Waals surface area contributed by atoms with E-state index in [1.807, 2.05) is 0 Å². The molecule has 0 amide bonds. The van der Waals surface area contributed by atoms with Crippen LogP contribution in [0.5, 0.6) is 0 Å². The van der Waals surface area contributed by atoms with Crippen molar-refractivity contribution < 1.29 is 8.78 Å². The molecule has 64 valence electrons. The van der Waals surface area contributed by atoms with Gasteiger partial charge in [-0.1, -0.05) is 30.3 Å². The van der Waals surface area contributed by atoms with E-state index in [1.165, 1.54) is 24.3 Å². The van der Waals surface area contributed by atoms with E-state index in [-0.39, 0.29) is 5.56 Å². The number of rotatable bonds is 2. The maximum absolute atomic E-state index is 12.9. The Morgan fingerprint density at radius 3 is 2.17 bits per heavy atom. The maximum Gasteiger partial charge on any atom is 0.291 e. The quantitative estimate of drug-likeness (QED) is 0.622. The molecule has 0 aliphatic carbocycles. The van der Waals surface area contributed by atoms with Crippen LogP contribution in [0.1, 0.15) is 5.56 Å². The lowest BCUT2D eigenvalue weighted by atomic mass is 10.1. The summed E-state index contributed by atoms with van der Waals surface area (Å²) < 4.78 is 25.7. The lowest BCUT2D eigenvalue weighted by Gasteiger charge is -2.10. The molecule has 0 radical (unpaired) electrons. The average Bonchev–Trinajstić information content (AvgIpc) is 2.05. The van der Waals surface area contributed by atoms with Crippen LogP contribution < -0.4 is 0 Å². The Labute approximate surface area is 74.5 Å². The minimum Gasteiger partial charge on any atom is -0.197 e. The van der Waals surface area contributed by atoms with E-state index in [4.69, 9.17) is 11.6 Å². The summed E-state index contributed by atoms with van der Waals surface area (Å²) in [6.45, 7) is 3.05. The molecular formula is C9H7ClF2. The van der Waals surface area contributed by atoms with Crippen molar-refractivity contribution in [3.8, 4) is 0 Å². The van der Waals surface area contributed by atoms with E-state index in [1.54, 1.807) is 0 Å². The summed E-state index contributed by atoms with van der Waals surface area (Å²) in [5.41, 5.74) is -0.0955. The fourth-order valence-electron chi connectivity index (χ4n) is 0.790. The van der Waals surface area contributed by atoms with Crippen molar-refractivity contribution in [1.82, 2.24) is 0 Å². The van der Waals surface area contributed by atoms with Crippen molar-refractivity contribution in [2.24, 2.45) is 0 Å². The van der Waals surface area contributed by atoms with Crippen LogP contribution in [0.2, 0.25) is 5.02 Å². The van der Waals surface area contributed by atoms with Crippen LogP contribution in [0.3, 0.4) is 0 Å². The number of halogens is 3. The summed E-state index contributed by atoms with van der Waals surface area (Å²) in [6, 6.07) is 5.41. The van der Waals surface area contributed by atoms with Gasteiger partial charge in [0.05, 0.1) is 0 Å². The lowest BCUT2D eigenvalue weighted by molar-refractivity contribution is 0.0525. The van der Waals surface area contributed by atoms with Crippen molar-refractivity contribution in [2.45, 2.75) is 5.92 Å². The van der Waals surface area contributed by atoms with E-state index >= 15 is 0 Å². The zero-order valence-electron chi connectivity index (χ0n) is 6.23. The van der Waals surface area contributed by atoms with Crippen LogP contribution in [0.15, 0.2) is 36.9 Å². The predicted molar refractivity (Wildman–Crippen MR) is 45.5 cm³/mol. The average molecular weight is 189 g/mol. The maximum atomic E-state index is 12.9. The monoisotopic (exact) mass is 188 g/mol. The van der Waals surface area contributed by atoms with Gasteiger partial charge in [-0.15, -0.1) is 0 Å². The minimum atomic E-state index is -2.97. The predicted octanol–water partition coefficient (Wildman–Crippen LogP) is 3.62. The Hall–Kier alpha value is -0.890. The molecule has 0 aromatic heterocycles. The standard InChI is InChI=1S/C9H7ClF2/c1-2-9(11,12)7-3-5-8(10)6-4-7/h2-6H,1H2. The van der Waals surface area contributed by atoms with Gasteiger partial charge in [0.15, 0.2) is 0 Å². The highest BCUT2D eigenvalue weighted by Crippen LogP contribution is 2.29. The third kappa shape index (κ3) is 1.83. The Bertz CT molecular complexity index is 277. The molecule has 0 saturated carbocycles. The molecule has 0 bridgehead atoms. The highest BCUT2D eigenvalue weighted by molar-refractivity contribution is 6.30. The zero-order valence-corrected chi connectivity index (χ0v) is 6.98. The third-order valence-corrected chi connectivity index (χ3v) is 1.74. The molecule has 0 spiro atoms. The number of benzene rings is 1. The fourth-order valence-corrected chi connectivity index (χ4v) is 0.916. The van der Waals surface area contributed by atoms with E-state index in [0.717, 1.165) is 0 Å².